The molecule has 3 rings (SSSR count). The van der Waals surface area contributed by atoms with Crippen LogP contribution in [0.5, 0.6) is 0 Å². The predicted octanol–water partition coefficient (Wildman–Crippen LogP) is 3.09. The Kier molecular flexibility index (Phi) is 9.39. The molecular weight excluding hydrogens is 369 g/mol. The molecule has 2 fully saturated rings. The minimum Gasteiger partial charge on any atom is -0.341 e. The molecule has 2 aliphatic heterocycles. The number of hydrogen-bond acceptors (Lipinski definition) is 3. The Labute approximate surface area is 170 Å². The highest BCUT2D eigenvalue weighted by Gasteiger charge is 2.35. The van der Waals surface area contributed by atoms with Crippen LogP contribution in [0.3, 0.4) is 0 Å². The summed E-state index contributed by atoms with van der Waals surface area (Å²) in [6.45, 7) is 6.74. The third-order valence-corrected chi connectivity index (χ3v) is 5.84. The third kappa shape index (κ3) is 5.59. The molecule has 2 aliphatic rings. The van der Waals surface area contributed by atoms with Crippen LogP contribution in [0.4, 0.5) is 0 Å². The summed E-state index contributed by atoms with van der Waals surface area (Å²) in [7, 11) is 2.11. The second-order valence-electron chi connectivity index (χ2n) is 7.74. The van der Waals surface area contributed by atoms with Gasteiger partial charge in [-0.15, -0.1) is 24.8 Å². The summed E-state index contributed by atoms with van der Waals surface area (Å²) in [6, 6.07) is 11.2. The Hall–Kier alpha value is -0.810. The molecule has 2 heterocycles. The number of benzene rings is 1. The van der Waals surface area contributed by atoms with E-state index in [9.17, 15) is 4.79 Å². The fourth-order valence-electron chi connectivity index (χ4n) is 4.22. The lowest BCUT2D eigenvalue weighted by Gasteiger charge is -2.42. The van der Waals surface area contributed by atoms with Crippen LogP contribution in [0.1, 0.15) is 38.2 Å². The molecule has 1 atom stereocenters. The minimum absolute atomic E-state index is 0. The van der Waals surface area contributed by atoms with Crippen molar-refractivity contribution in [1.82, 2.24) is 15.1 Å². The zero-order chi connectivity index (χ0) is 17.0. The summed E-state index contributed by atoms with van der Waals surface area (Å²) in [5, 5.41) is 3.39. The van der Waals surface area contributed by atoms with Crippen LogP contribution in [-0.2, 0) is 10.2 Å². The third-order valence-electron chi connectivity index (χ3n) is 5.84. The molecule has 1 aromatic rings. The van der Waals surface area contributed by atoms with Gasteiger partial charge in [0.25, 0.3) is 0 Å². The van der Waals surface area contributed by atoms with Gasteiger partial charge in [0.15, 0.2) is 0 Å². The van der Waals surface area contributed by atoms with Gasteiger partial charge >= 0.3 is 0 Å². The summed E-state index contributed by atoms with van der Waals surface area (Å²) in [6.07, 6.45) is 4.54. The first-order valence-electron chi connectivity index (χ1n) is 9.33. The molecular formula is C20H33Cl2N3O. The molecule has 1 aromatic carbocycles. The lowest BCUT2D eigenvalue weighted by atomic mass is 9.76. The Bertz CT molecular complexity index is 551. The molecule has 0 aliphatic carbocycles. The fourth-order valence-corrected chi connectivity index (χ4v) is 4.22. The Morgan fingerprint density at radius 1 is 1.23 bits per heavy atom. The van der Waals surface area contributed by atoms with Crippen LogP contribution >= 0.6 is 24.8 Å². The van der Waals surface area contributed by atoms with E-state index in [1.165, 1.54) is 5.56 Å². The average Bonchev–Trinajstić information content (AvgIpc) is 2.63. The van der Waals surface area contributed by atoms with Gasteiger partial charge in [-0.2, -0.15) is 0 Å². The van der Waals surface area contributed by atoms with Crippen molar-refractivity contribution in [2.75, 3.05) is 39.8 Å². The van der Waals surface area contributed by atoms with E-state index in [-0.39, 0.29) is 36.1 Å². The summed E-state index contributed by atoms with van der Waals surface area (Å²) in [5.74, 6) is 0.290. The maximum absolute atomic E-state index is 12.8. The normalized spacial score (nSPS) is 23.9. The zero-order valence-electron chi connectivity index (χ0n) is 15.9. The molecule has 6 heteroatoms. The van der Waals surface area contributed by atoms with E-state index in [4.69, 9.17) is 0 Å². The summed E-state index contributed by atoms with van der Waals surface area (Å²) in [5.41, 5.74) is 1.44. The largest absolute Gasteiger partial charge is 0.341 e. The van der Waals surface area contributed by atoms with Crippen molar-refractivity contribution in [3.05, 3.63) is 35.9 Å². The number of likely N-dealkylation sites (tertiary alicyclic amines) is 1. The van der Waals surface area contributed by atoms with Crippen molar-refractivity contribution in [2.24, 2.45) is 0 Å². The molecule has 1 unspecified atom stereocenters. The van der Waals surface area contributed by atoms with Gasteiger partial charge < -0.3 is 10.2 Å². The van der Waals surface area contributed by atoms with Crippen LogP contribution in [0.15, 0.2) is 30.3 Å². The maximum atomic E-state index is 12.8. The van der Waals surface area contributed by atoms with Gasteiger partial charge in [-0.1, -0.05) is 37.3 Å². The van der Waals surface area contributed by atoms with Crippen molar-refractivity contribution in [1.29, 1.82) is 0 Å². The molecule has 148 valence electrons. The fraction of sp³-hybridized carbons (Fsp3) is 0.650. The van der Waals surface area contributed by atoms with Gasteiger partial charge in [-0.3, -0.25) is 9.69 Å². The first kappa shape index (κ1) is 23.2. The highest BCUT2D eigenvalue weighted by atomic mass is 35.5. The van der Waals surface area contributed by atoms with Gasteiger partial charge in [-0.25, -0.2) is 0 Å². The molecule has 0 spiro atoms. The zero-order valence-corrected chi connectivity index (χ0v) is 17.6. The summed E-state index contributed by atoms with van der Waals surface area (Å²) < 4.78 is 0. The van der Waals surface area contributed by atoms with E-state index in [0.717, 1.165) is 51.9 Å². The number of piperidine rings is 2. The van der Waals surface area contributed by atoms with Crippen molar-refractivity contribution in [3.63, 3.8) is 0 Å². The highest BCUT2D eigenvalue weighted by Crippen LogP contribution is 2.33. The van der Waals surface area contributed by atoms with E-state index < -0.39 is 0 Å². The van der Waals surface area contributed by atoms with Gasteiger partial charge in [0, 0.05) is 24.5 Å². The quantitative estimate of drug-likeness (QED) is 0.841. The number of hydrogen-bond donors (Lipinski definition) is 1. The van der Waals surface area contributed by atoms with E-state index in [0.29, 0.717) is 12.6 Å². The van der Waals surface area contributed by atoms with Crippen LogP contribution in [0.25, 0.3) is 0 Å². The number of rotatable bonds is 4. The SMILES string of the molecule is CN(CC(=O)N1CCCC(C)(c2ccccc2)C1)C1CCNCC1.Cl.Cl. The van der Waals surface area contributed by atoms with E-state index in [1.54, 1.807) is 0 Å². The number of carbonyl (C=O) groups is 1. The van der Waals surface area contributed by atoms with Gasteiger partial charge in [0.2, 0.25) is 5.91 Å². The van der Waals surface area contributed by atoms with Crippen LogP contribution in [0, 0.1) is 0 Å². The molecule has 0 aromatic heterocycles. The molecule has 4 nitrogen and oxygen atoms in total. The highest BCUT2D eigenvalue weighted by molar-refractivity contribution is 5.85. The number of likely N-dealkylation sites (N-methyl/N-ethyl adjacent to an activating group) is 1. The molecule has 0 saturated carbocycles. The minimum atomic E-state index is 0. The lowest BCUT2D eigenvalue weighted by molar-refractivity contribution is -0.134. The van der Waals surface area contributed by atoms with Crippen molar-refractivity contribution in [2.45, 2.75) is 44.1 Å². The van der Waals surface area contributed by atoms with E-state index in [2.05, 4.69) is 59.4 Å². The van der Waals surface area contributed by atoms with Crippen LogP contribution < -0.4 is 5.32 Å². The molecule has 26 heavy (non-hydrogen) atoms. The Balaban J connectivity index is 0.00000169. The average molecular weight is 402 g/mol. The van der Waals surface area contributed by atoms with Gasteiger partial charge in [0.05, 0.1) is 6.54 Å². The summed E-state index contributed by atoms with van der Waals surface area (Å²) in [4.78, 5) is 17.2. The van der Waals surface area contributed by atoms with Crippen LogP contribution in [-0.4, -0.2) is 61.5 Å². The number of carbonyl (C=O) groups excluding carboxylic acids is 1. The first-order valence-corrected chi connectivity index (χ1v) is 9.33. The van der Waals surface area contributed by atoms with Gasteiger partial charge in [-0.05, 0) is 51.4 Å². The van der Waals surface area contributed by atoms with E-state index in [1.807, 2.05) is 0 Å². The van der Waals surface area contributed by atoms with Crippen molar-refractivity contribution < 1.29 is 4.79 Å². The Morgan fingerprint density at radius 3 is 2.54 bits per heavy atom. The second kappa shape index (κ2) is 10.5. The summed E-state index contributed by atoms with van der Waals surface area (Å²) >= 11 is 0. The smallest absolute Gasteiger partial charge is 0.236 e. The number of halogens is 2. The molecule has 0 bridgehead atoms. The second-order valence-corrected chi connectivity index (χ2v) is 7.74. The Morgan fingerprint density at radius 2 is 1.88 bits per heavy atom. The predicted molar refractivity (Wildman–Crippen MR) is 113 cm³/mol. The van der Waals surface area contributed by atoms with E-state index >= 15 is 0 Å². The number of nitrogens with one attached hydrogen (secondary N) is 1. The van der Waals surface area contributed by atoms with Gasteiger partial charge in [0.1, 0.15) is 0 Å². The topological polar surface area (TPSA) is 35.6 Å². The van der Waals surface area contributed by atoms with Crippen molar-refractivity contribution in [3.8, 4) is 0 Å². The molecule has 0 radical (unpaired) electrons. The standard InChI is InChI=1S/C20H31N3O.2ClH/c1-20(17-7-4-3-5-8-17)11-6-14-23(16-20)19(24)15-22(2)18-9-12-21-13-10-18;;/h3-5,7-8,18,21H,6,9-16H2,1-2H3;2*1H. The first-order chi connectivity index (χ1) is 11.6. The van der Waals surface area contributed by atoms with Crippen LogP contribution in [0.2, 0.25) is 0 Å². The lowest BCUT2D eigenvalue weighted by Crippen LogP contribution is -2.51. The number of nitrogens with zero attached hydrogens (tertiary/aromatic N) is 2. The molecule has 1 N–H and O–H groups in total. The number of amides is 1. The molecule has 1 amide bonds. The maximum Gasteiger partial charge on any atom is 0.236 e. The van der Waals surface area contributed by atoms with Crippen molar-refractivity contribution >= 4 is 30.7 Å². The molecule has 2 saturated heterocycles. The monoisotopic (exact) mass is 401 g/mol.